The molecule has 4 amide bonds. The normalized spacial score (nSPS) is 20.7. The molecule has 1 atom stereocenters. The minimum atomic E-state index is -0.659. The Morgan fingerprint density at radius 1 is 0.949 bits per heavy atom. The summed E-state index contributed by atoms with van der Waals surface area (Å²) in [5.41, 5.74) is 4.75. The first-order chi connectivity index (χ1) is 28.8. The van der Waals surface area contributed by atoms with E-state index in [-0.39, 0.29) is 30.2 Å². The van der Waals surface area contributed by atoms with Crippen molar-refractivity contribution in [2.24, 2.45) is 11.8 Å². The van der Waals surface area contributed by atoms with Crippen molar-refractivity contribution >= 4 is 51.6 Å². The van der Waals surface area contributed by atoms with E-state index < -0.39 is 11.9 Å². The number of ether oxygens (including phenoxy) is 2. The van der Waals surface area contributed by atoms with Crippen LogP contribution in [-0.4, -0.2) is 110 Å². The van der Waals surface area contributed by atoms with Gasteiger partial charge in [-0.1, -0.05) is 0 Å². The van der Waals surface area contributed by atoms with Crippen molar-refractivity contribution in [2.45, 2.75) is 70.0 Å². The fraction of sp³-hybridized carbons (Fsp3) is 0.465. The zero-order valence-electron chi connectivity index (χ0n) is 33.1. The fourth-order valence-electron chi connectivity index (χ4n) is 9.25. The lowest BCUT2D eigenvalue weighted by Crippen LogP contribution is -2.52. The van der Waals surface area contributed by atoms with Gasteiger partial charge >= 0.3 is 0 Å². The van der Waals surface area contributed by atoms with Crippen LogP contribution in [0, 0.1) is 11.8 Å². The summed E-state index contributed by atoms with van der Waals surface area (Å²) in [6.07, 6.45) is 14.1. The molecular formula is C43H48N10O6. The molecule has 16 nitrogen and oxygen atoms in total. The number of piperidine rings is 3. The molecule has 59 heavy (non-hydrogen) atoms. The highest BCUT2D eigenvalue weighted by molar-refractivity contribution is 6.09. The van der Waals surface area contributed by atoms with Crippen molar-refractivity contribution in [3.05, 3.63) is 71.8 Å². The molecule has 0 bridgehead atoms. The lowest BCUT2D eigenvalue weighted by atomic mass is 9.94. The molecule has 5 aliphatic rings. The Morgan fingerprint density at radius 2 is 1.78 bits per heavy atom. The number of carbonyl (C=O) groups is 4. The summed E-state index contributed by atoms with van der Waals surface area (Å²) in [4.78, 5) is 62.1. The minimum absolute atomic E-state index is 0.223. The van der Waals surface area contributed by atoms with E-state index in [0.29, 0.717) is 65.4 Å². The van der Waals surface area contributed by atoms with E-state index in [9.17, 15) is 19.2 Å². The van der Waals surface area contributed by atoms with Crippen molar-refractivity contribution in [3.8, 4) is 11.5 Å². The van der Waals surface area contributed by atoms with Crippen molar-refractivity contribution in [2.75, 3.05) is 56.7 Å². The van der Waals surface area contributed by atoms with Gasteiger partial charge in [0.15, 0.2) is 5.65 Å². The summed E-state index contributed by atoms with van der Waals surface area (Å²) in [6, 6.07) is 9.35. The van der Waals surface area contributed by atoms with Gasteiger partial charge in [0, 0.05) is 87.5 Å². The van der Waals surface area contributed by atoms with Gasteiger partial charge in [-0.15, -0.1) is 0 Å². The number of imide groups is 1. The highest BCUT2D eigenvalue weighted by Crippen LogP contribution is 2.39. The number of methoxy groups -OCH3 is 1. The van der Waals surface area contributed by atoms with E-state index >= 15 is 0 Å². The van der Waals surface area contributed by atoms with Crippen LogP contribution in [0.5, 0.6) is 11.5 Å². The zero-order valence-corrected chi connectivity index (χ0v) is 33.1. The van der Waals surface area contributed by atoms with Gasteiger partial charge in [0.2, 0.25) is 11.8 Å². The Bertz CT molecular complexity index is 2460. The second-order valence-corrected chi connectivity index (χ2v) is 16.7. The first kappa shape index (κ1) is 37.3. The second-order valence-electron chi connectivity index (χ2n) is 16.7. The van der Waals surface area contributed by atoms with Crippen molar-refractivity contribution in [3.63, 3.8) is 0 Å². The monoisotopic (exact) mass is 800 g/mol. The lowest BCUT2D eigenvalue weighted by Gasteiger charge is -2.38. The third kappa shape index (κ3) is 7.34. The zero-order chi connectivity index (χ0) is 40.2. The van der Waals surface area contributed by atoms with Gasteiger partial charge in [-0.05, 0) is 80.5 Å². The number of hydrogen-bond donors (Lipinski definition) is 2. The van der Waals surface area contributed by atoms with Gasteiger partial charge in [0.05, 0.1) is 42.7 Å². The smallest absolute Gasteiger partial charge is 0.261 e. The number of hydrogen-bond acceptors (Lipinski definition) is 11. The van der Waals surface area contributed by atoms with E-state index in [1.807, 2.05) is 18.2 Å². The van der Waals surface area contributed by atoms with Gasteiger partial charge in [-0.25, -0.2) is 9.50 Å². The number of nitrogens with zero attached hydrogens (tertiary/aromatic N) is 8. The number of likely N-dealkylation sites (tertiary alicyclic amines) is 1. The number of carbonyl (C=O) groups excluding carboxylic acids is 4. The Kier molecular flexibility index (Phi) is 9.65. The van der Waals surface area contributed by atoms with E-state index in [0.717, 1.165) is 93.4 Å². The van der Waals surface area contributed by atoms with Gasteiger partial charge < -0.3 is 29.5 Å². The van der Waals surface area contributed by atoms with E-state index in [1.54, 1.807) is 35.0 Å². The summed E-state index contributed by atoms with van der Waals surface area (Å²) in [6.45, 7) is 5.85. The van der Waals surface area contributed by atoms with E-state index in [1.165, 1.54) is 6.20 Å². The molecule has 1 aliphatic carbocycles. The maximum atomic E-state index is 13.5. The highest BCUT2D eigenvalue weighted by atomic mass is 16.5. The number of benzene rings is 2. The average molecular weight is 801 g/mol. The van der Waals surface area contributed by atoms with Gasteiger partial charge in [-0.3, -0.25) is 29.2 Å². The number of rotatable bonds is 11. The lowest BCUT2D eigenvalue weighted by molar-refractivity contribution is -0.136. The molecule has 3 aromatic heterocycles. The topological polar surface area (TPSA) is 169 Å². The third-order valence-corrected chi connectivity index (χ3v) is 12.8. The van der Waals surface area contributed by atoms with Crippen molar-refractivity contribution < 1.29 is 28.7 Å². The van der Waals surface area contributed by atoms with Crippen molar-refractivity contribution in [1.82, 2.24) is 39.5 Å². The minimum Gasteiger partial charge on any atom is -0.496 e. The summed E-state index contributed by atoms with van der Waals surface area (Å²) in [7, 11) is 1.58. The number of aromatic nitrogens is 5. The van der Waals surface area contributed by atoms with E-state index in [4.69, 9.17) is 14.6 Å². The van der Waals surface area contributed by atoms with Crippen LogP contribution >= 0.6 is 0 Å². The van der Waals surface area contributed by atoms with Crippen LogP contribution in [0.4, 0.5) is 11.4 Å². The van der Waals surface area contributed by atoms with Crippen LogP contribution in [0.1, 0.15) is 83.7 Å². The van der Waals surface area contributed by atoms with Crippen LogP contribution in [-0.2, 0) is 16.1 Å². The fourth-order valence-corrected chi connectivity index (χ4v) is 9.25. The van der Waals surface area contributed by atoms with Crippen LogP contribution in [0.25, 0.3) is 16.6 Å². The molecule has 2 N–H and O–H groups in total. The third-order valence-electron chi connectivity index (χ3n) is 12.8. The summed E-state index contributed by atoms with van der Waals surface area (Å²) < 4.78 is 15.7. The maximum absolute atomic E-state index is 13.5. The predicted molar refractivity (Wildman–Crippen MR) is 218 cm³/mol. The summed E-state index contributed by atoms with van der Waals surface area (Å²) in [5.74, 6) is 1.07. The highest BCUT2D eigenvalue weighted by Gasteiger charge is 2.41. The van der Waals surface area contributed by atoms with Gasteiger partial charge in [0.25, 0.3) is 11.8 Å². The Morgan fingerprint density at radius 3 is 2.56 bits per heavy atom. The van der Waals surface area contributed by atoms with E-state index in [2.05, 4.69) is 47.5 Å². The molecule has 2 aromatic carbocycles. The predicted octanol–water partition coefficient (Wildman–Crippen LogP) is 4.44. The number of amides is 4. The molecule has 7 heterocycles. The molecule has 16 heteroatoms. The molecule has 0 radical (unpaired) electrons. The Hall–Kier alpha value is -6.03. The molecule has 5 aromatic rings. The molecule has 1 unspecified atom stereocenters. The first-order valence-corrected chi connectivity index (χ1v) is 20.9. The molecule has 4 fully saturated rings. The van der Waals surface area contributed by atoms with Crippen LogP contribution in [0.3, 0.4) is 0 Å². The van der Waals surface area contributed by atoms with Crippen LogP contribution in [0.15, 0.2) is 55.1 Å². The maximum Gasteiger partial charge on any atom is 0.261 e. The number of nitrogens with one attached hydrogen (secondary N) is 2. The number of fused-ring (bicyclic) bond motifs is 3. The van der Waals surface area contributed by atoms with Gasteiger partial charge in [0.1, 0.15) is 23.1 Å². The Balaban J connectivity index is 0.753. The summed E-state index contributed by atoms with van der Waals surface area (Å²) in [5, 5.41) is 15.7. The molecule has 1 saturated carbocycles. The quantitative estimate of drug-likeness (QED) is 0.181. The largest absolute Gasteiger partial charge is 0.496 e. The SMILES string of the molecule is COc1cc(N2CCC(CN3CCC(n4cc5cc(NC(=O)c6cnn7cccnc67)c(OCC6CC6)cc5n4)CC3)CC2)cc2c1C(=O)N(C1CCC(=O)NC1=O)C2. The second kappa shape index (κ2) is 15.3. The molecule has 0 spiro atoms. The standard InChI is InChI=1S/C43H48N10O6/c1-58-37-19-31(17-29-23-51(43(57)39(29)37)35-5-6-38(54)47-42(35)56)50-15-7-26(8-16-50)22-49-13-9-30(10-14-49)53-24-28-18-34(36(20-33(28)48-53)59-25-27-3-4-27)46-41(55)32-21-45-52-12-2-11-44-40(32)52/h2,11-12,17-21,24,26-27,30,35H,3-10,13-16,22-23,25H2,1H3,(H,46,55)(H,47,54,56). The molecule has 306 valence electrons. The molecular weight excluding hydrogens is 753 g/mol. The Labute approximate surface area is 340 Å². The molecule has 4 aliphatic heterocycles. The van der Waals surface area contributed by atoms with Crippen LogP contribution < -0.4 is 25.0 Å². The average Bonchev–Trinajstić information content (AvgIpc) is 3.67. The van der Waals surface area contributed by atoms with Crippen LogP contribution in [0.2, 0.25) is 0 Å². The number of anilines is 2. The van der Waals surface area contributed by atoms with Gasteiger partial charge in [-0.2, -0.15) is 10.2 Å². The molecule has 10 rings (SSSR count). The first-order valence-electron chi connectivity index (χ1n) is 20.9. The summed E-state index contributed by atoms with van der Waals surface area (Å²) >= 11 is 0. The van der Waals surface area contributed by atoms with Crippen molar-refractivity contribution in [1.29, 1.82) is 0 Å². The molecule has 3 saturated heterocycles.